The van der Waals surface area contributed by atoms with Gasteiger partial charge in [0.15, 0.2) is 10.6 Å². The third kappa shape index (κ3) is 2.51. The number of para-hydroxylation sites is 1. The third-order valence-electron chi connectivity index (χ3n) is 3.09. The first kappa shape index (κ1) is 14.4. The topological polar surface area (TPSA) is 76.8 Å². The summed E-state index contributed by atoms with van der Waals surface area (Å²) >= 11 is 11.4. The molecule has 6 nitrogen and oxygen atoms in total. The minimum absolute atomic E-state index is 0.0749. The third-order valence-corrected chi connectivity index (χ3v) is 3.68. The number of non-ortho nitro benzene ring substituents is 1. The predicted octanol–water partition coefficient (Wildman–Crippen LogP) is 4.16. The first-order chi connectivity index (χ1) is 10.6. The van der Waals surface area contributed by atoms with E-state index in [0.717, 1.165) is 5.69 Å². The summed E-state index contributed by atoms with van der Waals surface area (Å²) in [4.78, 5) is 10.3. The van der Waals surface area contributed by atoms with Crippen molar-refractivity contribution in [2.45, 2.75) is 0 Å². The minimum atomic E-state index is -0.496. The summed E-state index contributed by atoms with van der Waals surface area (Å²) in [6.07, 6.45) is 0. The number of H-pyrrole nitrogens is 1. The van der Waals surface area contributed by atoms with Crippen LogP contribution in [0.4, 0.5) is 5.69 Å². The van der Waals surface area contributed by atoms with Gasteiger partial charge < -0.3 is 0 Å². The second-order valence-corrected chi connectivity index (χ2v) is 5.24. The minimum Gasteiger partial charge on any atom is -0.268 e. The molecule has 3 rings (SSSR count). The van der Waals surface area contributed by atoms with Gasteiger partial charge in [-0.25, -0.2) is 0 Å². The molecule has 0 amide bonds. The monoisotopic (exact) mass is 332 g/mol. The summed E-state index contributed by atoms with van der Waals surface area (Å²) in [5, 5.41) is 17.9. The van der Waals surface area contributed by atoms with Crippen LogP contribution in [0.25, 0.3) is 17.1 Å². The maximum Gasteiger partial charge on any atom is 0.270 e. The molecule has 1 N–H and O–H groups in total. The van der Waals surface area contributed by atoms with Crippen LogP contribution in [0.1, 0.15) is 0 Å². The van der Waals surface area contributed by atoms with E-state index in [9.17, 15) is 10.1 Å². The number of rotatable bonds is 3. The molecule has 0 fully saturated rings. The molecule has 0 spiro atoms. The Bertz CT molecular complexity index is 905. The van der Waals surface area contributed by atoms with Crippen molar-refractivity contribution >= 4 is 29.5 Å². The summed E-state index contributed by atoms with van der Waals surface area (Å²) in [7, 11) is 0. The first-order valence-electron chi connectivity index (χ1n) is 6.25. The van der Waals surface area contributed by atoms with Crippen LogP contribution in [-0.4, -0.2) is 19.7 Å². The molecule has 110 valence electrons. The fraction of sp³-hybridized carbons (Fsp3) is 0. The second kappa shape index (κ2) is 5.70. The molecule has 1 heterocycles. The van der Waals surface area contributed by atoms with Crippen LogP contribution in [0, 0.1) is 14.9 Å². The van der Waals surface area contributed by atoms with Crippen molar-refractivity contribution in [1.29, 1.82) is 0 Å². The number of aromatic nitrogens is 3. The number of hydrogen-bond acceptors (Lipinski definition) is 4. The fourth-order valence-corrected chi connectivity index (χ4v) is 2.59. The predicted molar refractivity (Wildman–Crippen MR) is 85.8 cm³/mol. The highest BCUT2D eigenvalue weighted by atomic mass is 35.5. The van der Waals surface area contributed by atoms with Gasteiger partial charge in [0.05, 0.1) is 9.95 Å². The number of aromatic amines is 1. The largest absolute Gasteiger partial charge is 0.270 e. The zero-order chi connectivity index (χ0) is 15.7. The van der Waals surface area contributed by atoms with Crippen molar-refractivity contribution in [2.75, 3.05) is 0 Å². The standard InChI is InChI=1S/C14H9ClN4O2S/c15-12-8-10(19(20)21)6-7-11(12)13-16-17-14(22)18(13)9-4-2-1-3-5-9/h1-8H,(H,17,22). The van der Waals surface area contributed by atoms with E-state index in [1.54, 1.807) is 10.6 Å². The van der Waals surface area contributed by atoms with Crippen LogP contribution >= 0.6 is 23.8 Å². The highest BCUT2D eigenvalue weighted by Gasteiger charge is 2.16. The molecule has 0 atom stereocenters. The summed E-state index contributed by atoms with van der Waals surface area (Å²) in [5.41, 5.74) is 1.31. The smallest absolute Gasteiger partial charge is 0.268 e. The number of hydrogen-bond donors (Lipinski definition) is 1. The summed E-state index contributed by atoms with van der Waals surface area (Å²) in [6.45, 7) is 0. The molecular weight excluding hydrogens is 324 g/mol. The first-order valence-corrected chi connectivity index (χ1v) is 7.03. The number of nitro groups is 1. The van der Waals surface area contributed by atoms with Crippen molar-refractivity contribution in [3.05, 3.63) is 68.4 Å². The zero-order valence-electron chi connectivity index (χ0n) is 11.1. The fourth-order valence-electron chi connectivity index (χ4n) is 2.09. The van der Waals surface area contributed by atoms with E-state index in [-0.39, 0.29) is 10.7 Å². The van der Waals surface area contributed by atoms with Gasteiger partial charge in [-0.15, -0.1) is 0 Å². The van der Waals surface area contributed by atoms with Gasteiger partial charge in [-0.3, -0.25) is 19.8 Å². The maximum atomic E-state index is 10.8. The zero-order valence-corrected chi connectivity index (χ0v) is 12.6. The normalized spacial score (nSPS) is 10.6. The maximum absolute atomic E-state index is 10.8. The molecule has 0 saturated carbocycles. The number of halogens is 1. The average Bonchev–Trinajstić information content (AvgIpc) is 2.89. The Morgan fingerprint density at radius 2 is 1.95 bits per heavy atom. The number of nitrogens with one attached hydrogen (secondary N) is 1. The van der Waals surface area contributed by atoms with E-state index in [2.05, 4.69) is 10.2 Å². The lowest BCUT2D eigenvalue weighted by Gasteiger charge is -2.08. The van der Waals surface area contributed by atoms with E-state index in [1.165, 1.54) is 12.1 Å². The molecule has 8 heteroatoms. The average molecular weight is 333 g/mol. The van der Waals surface area contributed by atoms with Crippen LogP contribution in [0.15, 0.2) is 48.5 Å². The molecule has 0 bridgehead atoms. The van der Waals surface area contributed by atoms with Crippen molar-refractivity contribution in [3.63, 3.8) is 0 Å². The second-order valence-electron chi connectivity index (χ2n) is 4.44. The lowest BCUT2D eigenvalue weighted by atomic mass is 10.2. The van der Waals surface area contributed by atoms with E-state index in [0.29, 0.717) is 16.2 Å². The Labute approximate surface area is 135 Å². The van der Waals surface area contributed by atoms with Crippen LogP contribution < -0.4 is 0 Å². The number of nitrogens with zero attached hydrogens (tertiary/aromatic N) is 3. The number of benzene rings is 2. The van der Waals surface area contributed by atoms with Crippen molar-refractivity contribution in [2.24, 2.45) is 0 Å². The molecule has 0 radical (unpaired) electrons. The summed E-state index contributed by atoms with van der Waals surface area (Å²) in [5.74, 6) is 0.496. The number of nitro benzene ring substituents is 1. The Morgan fingerprint density at radius 1 is 1.23 bits per heavy atom. The Morgan fingerprint density at radius 3 is 2.59 bits per heavy atom. The molecule has 0 aliphatic carbocycles. The summed E-state index contributed by atoms with van der Waals surface area (Å²) < 4.78 is 2.14. The molecule has 22 heavy (non-hydrogen) atoms. The molecule has 2 aromatic carbocycles. The van der Waals surface area contributed by atoms with Gasteiger partial charge in [-0.2, -0.15) is 5.10 Å². The van der Waals surface area contributed by atoms with Gasteiger partial charge in [-0.1, -0.05) is 29.8 Å². The van der Waals surface area contributed by atoms with Crippen LogP contribution in [0.2, 0.25) is 5.02 Å². The molecular formula is C14H9ClN4O2S. The van der Waals surface area contributed by atoms with Crippen LogP contribution in [-0.2, 0) is 0 Å². The van der Waals surface area contributed by atoms with Crippen LogP contribution in [0.3, 0.4) is 0 Å². The lowest BCUT2D eigenvalue weighted by Crippen LogP contribution is -1.98. The van der Waals surface area contributed by atoms with E-state index in [4.69, 9.17) is 23.8 Å². The van der Waals surface area contributed by atoms with Crippen molar-refractivity contribution in [3.8, 4) is 17.1 Å². The van der Waals surface area contributed by atoms with Crippen LogP contribution in [0.5, 0.6) is 0 Å². The highest BCUT2D eigenvalue weighted by molar-refractivity contribution is 7.71. The summed E-state index contributed by atoms with van der Waals surface area (Å²) in [6, 6.07) is 13.7. The van der Waals surface area contributed by atoms with Crippen molar-refractivity contribution in [1.82, 2.24) is 14.8 Å². The van der Waals surface area contributed by atoms with Crippen molar-refractivity contribution < 1.29 is 4.92 Å². The van der Waals surface area contributed by atoms with E-state index in [1.807, 2.05) is 30.3 Å². The molecule has 0 aliphatic heterocycles. The molecule has 0 unspecified atom stereocenters. The van der Waals surface area contributed by atoms with Gasteiger partial charge >= 0.3 is 0 Å². The van der Waals surface area contributed by atoms with Gasteiger partial charge in [0.2, 0.25) is 0 Å². The Kier molecular flexibility index (Phi) is 3.74. The molecule has 0 aliphatic rings. The quantitative estimate of drug-likeness (QED) is 0.444. The van der Waals surface area contributed by atoms with Gasteiger partial charge in [0.25, 0.3) is 5.69 Å². The van der Waals surface area contributed by atoms with E-state index >= 15 is 0 Å². The van der Waals surface area contributed by atoms with Gasteiger partial charge in [-0.05, 0) is 30.4 Å². The molecule has 1 aromatic heterocycles. The van der Waals surface area contributed by atoms with Gasteiger partial charge in [0.1, 0.15) is 0 Å². The SMILES string of the molecule is O=[N+]([O-])c1ccc(-c2n[nH]c(=S)n2-c2ccccc2)c(Cl)c1. The highest BCUT2D eigenvalue weighted by Crippen LogP contribution is 2.31. The lowest BCUT2D eigenvalue weighted by molar-refractivity contribution is -0.384. The van der Waals surface area contributed by atoms with E-state index < -0.39 is 4.92 Å². The Hall–Kier alpha value is -2.51. The molecule has 3 aromatic rings. The Balaban J connectivity index is 2.19. The molecule has 0 saturated heterocycles. The van der Waals surface area contributed by atoms with Gasteiger partial charge in [0, 0.05) is 23.4 Å².